The summed E-state index contributed by atoms with van der Waals surface area (Å²) in [7, 11) is 0. The standard InChI is InChI=1S/C11H8Cl2N4O2S/c1-5-9(17(18)19)10(16-11(14)15-5)20-6-2-3-7(12)8(13)4-6/h2-4H,1H3,(H2,14,15,16). The van der Waals surface area contributed by atoms with Gasteiger partial charge >= 0.3 is 5.69 Å². The molecule has 1 aromatic carbocycles. The summed E-state index contributed by atoms with van der Waals surface area (Å²) >= 11 is 12.8. The van der Waals surface area contributed by atoms with Crippen LogP contribution in [0.5, 0.6) is 0 Å². The van der Waals surface area contributed by atoms with Crippen molar-refractivity contribution < 1.29 is 4.92 Å². The van der Waals surface area contributed by atoms with E-state index in [2.05, 4.69) is 9.97 Å². The number of rotatable bonds is 3. The highest BCUT2D eigenvalue weighted by Crippen LogP contribution is 2.37. The van der Waals surface area contributed by atoms with Crippen molar-refractivity contribution in [2.75, 3.05) is 5.73 Å². The first kappa shape index (κ1) is 14.8. The molecule has 2 aromatic rings. The summed E-state index contributed by atoms with van der Waals surface area (Å²) < 4.78 is 0. The SMILES string of the molecule is Cc1nc(N)nc(Sc2ccc(Cl)c(Cl)c2)c1[N+](=O)[O-]. The number of benzene rings is 1. The summed E-state index contributed by atoms with van der Waals surface area (Å²) in [6.45, 7) is 1.51. The molecule has 0 aliphatic heterocycles. The number of aromatic nitrogens is 2. The molecule has 0 fully saturated rings. The molecule has 0 saturated heterocycles. The Morgan fingerprint density at radius 1 is 1.30 bits per heavy atom. The lowest BCUT2D eigenvalue weighted by atomic mass is 10.4. The Labute approximate surface area is 128 Å². The maximum atomic E-state index is 11.1. The lowest BCUT2D eigenvalue weighted by Gasteiger charge is -2.06. The third-order valence-corrected chi connectivity index (χ3v) is 4.04. The number of hydrogen-bond acceptors (Lipinski definition) is 6. The molecule has 0 saturated carbocycles. The van der Waals surface area contributed by atoms with Gasteiger partial charge in [-0.05, 0) is 25.1 Å². The van der Waals surface area contributed by atoms with Gasteiger partial charge in [0.2, 0.25) is 5.95 Å². The first-order chi connectivity index (χ1) is 9.38. The maximum Gasteiger partial charge on any atom is 0.322 e. The number of nitrogen functional groups attached to an aromatic ring is 1. The van der Waals surface area contributed by atoms with E-state index >= 15 is 0 Å². The van der Waals surface area contributed by atoms with E-state index in [1.54, 1.807) is 18.2 Å². The van der Waals surface area contributed by atoms with E-state index in [1.165, 1.54) is 6.92 Å². The predicted octanol–water partition coefficient (Wildman–Crippen LogP) is 3.73. The molecule has 0 radical (unpaired) electrons. The van der Waals surface area contributed by atoms with Crippen LogP contribution >= 0.6 is 35.0 Å². The molecule has 20 heavy (non-hydrogen) atoms. The minimum absolute atomic E-state index is 0.0179. The molecule has 6 nitrogen and oxygen atoms in total. The number of nitrogens with two attached hydrogens (primary N) is 1. The van der Waals surface area contributed by atoms with Gasteiger partial charge in [-0.25, -0.2) is 4.98 Å². The van der Waals surface area contributed by atoms with Crippen molar-refractivity contribution in [1.82, 2.24) is 9.97 Å². The van der Waals surface area contributed by atoms with Crippen molar-refractivity contribution in [3.05, 3.63) is 44.1 Å². The van der Waals surface area contributed by atoms with Gasteiger partial charge in [0.25, 0.3) is 0 Å². The molecule has 104 valence electrons. The third kappa shape index (κ3) is 3.12. The quantitative estimate of drug-likeness (QED) is 0.523. The van der Waals surface area contributed by atoms with E-state index in [9.17, 15) is 10.1 Å². The third-order valence-electron chi connectivity index (χ3n) is 2.33. The lowest BCUT2D eigenvalue weighted by Crippen LogP contribution is -2.03. The highest BCUT2D eigenvalue weighted by molar-refractivity contribution is 7.99. The molecule has 0 amide bonds. The van der Waals surface area contributed by atoms with E-state index < -0.39 is 4.92 Å². The molecular weight excluding hydrogens is 323 g/mol. The zero-order valence-electron chi connectivity index (χ0n) is 10.1. The van der Waals surface area contributed by atoms with Gasteiger partial charge in [0.15, 0.2) is 5.03 Å². The number of halogens is 2. The second-order valence-electron chi connectivity index (χ2n) is 3.76. The summed E-state index contributed by atoms with van der Waals surface area (Å²) in [5.74, 6) is -0.0179. The molecule has 1 aromatic heterocycles. The highest BCUT2D eigenvalue weighted by atomic mass is 35.5. The first-order valence-electron chi connectivity index (χ1n) is 5.30. The van der Waals surface area contributed by atoms with Gasteiger partial charge in [0, 0.05) is 4.90 Å². The van der Waals surface area contributed by atoms with E-state index in [-0.39, 0.29) is 22.4 Å². The smallest absolute Gasteiger partial charge is 0.322 e. The van der Waals surface area contributed by atoms with Crippen LogP contribution in [0.1, 0.15) is 5.69 Å². The Bertz CT molecular complexity index is 696. The second kappa shape index (κ2) is 5.82. The van der Waals surface area contributed by atoms with Crippen LogP contribution in [-0.2, 0) is 0 Å². The Balaban J connectivity index is 2.47. The molecule has 2 rings (SSSR count). The average molecular weight is 331 g/mol. The number of nitrogens with zero attached hydrogens (tertiary/aromatic N) is 3. The number of nitro groups is 1. The lowest BCUT2D eigenvalue weighted by molar-refractivity contribution is -0.389. The van der Waals surface area contributed by atoms with E-state index in [0.29, 0.717) is 14.9 Å². The van der Waals surface area contributed by atoms with Crippen LogP contribution in [0, 0.1) is 17.0 Å². The van der Waals surface area contributed by atoms with Crippen LogP contribution in [0.15, 0.2) is 28.1 Å². The molecule has 0 unspecified atom stereocenters. The molecule has 0 spiro atoms. The van der Waals surface area contributed by atoms with Crippen molar-refractivity contribution >= 4 is 46.6 Å². The zero-order valence-corrected chi connectivity index (χ0v) is 12.5. The fourth-order valence-corrected chi connectivity index (χ4v) is 2.85. The van der Waals surface area contributed by atoms with Gasteiger partial charge in [-0.2, -0.15) is 4.98 Å². The number of anilines is 1. The number of hydrogen-bond donors (Lipinski definition) is 1. The van der Waals surface area contributed by atoms with Gasteiger partial charge in [0.05, 0.1) is 15.0 Å². The minimum Gasteiger partial charge on any atom is -0.368 e. The van der Waals surface area contributed by atoms with Crippen molar-refractivity contribution in [1.29, 1.82) is 0 Å². The van der Waals surface area contributed by atoms with Gasteiger partial charge in [-0.3, -0.25) is 10.1 Å². The van der Waals surface area contributed by atoms with E-state index in [1.807, 2.05) is 0 Å². The fourth-order valence-electron chi connectivity index (χ4n) is 1.49. The van der Waals surface area contributed by atoms with Crippen LogP contribution in [0.2, 0.25) is 10.0 Å². The van der Waals surface area contributed by atoms with Crippen LogP contribution in [0.25, 0.3) is 0 Å². The van der Waals surface area contributed by atoms with Gasteiger partial charge in [-0.15, -0.1) is 0 Å². The molecule has 0 atom stereocenters. The Morgan fingerprint density at radius 3 is 2.60 bits per heavy atom. The molecule has 0 aliphatic carbocycles. The van der Waals surface area contributed by atoms with Crippen molar-refractivity contribution in [3.8, 4) is 0 Å². The van der Waals surface area contributed by atoms with Crippen LogP contribution in [-0.4, -0.2) is 14.9 Å². The monoisotopic (exact) mass is 330 g/mol. The summed E-state index contributed by atoms with van der Waals surface area (Å²) in [5, 5.41) is 12.0. The average Bonchev–Trinajstić information content (AvgIpc) is 2.32. The summed E-state index contributed by atoms with van der Waals surface area (Å²) in [6, 6.07) is 4.90. The largest absolute Gasteiger partial charge is 0.368 e. The molecule has 9 heteroatoms. The van der Waals surface area contributed by atoms with E-state index in [4.69, 9.17) is 28.9 Å². The zero-order chi connectivity index (χ0) is 14.9. The minimum atomic E-state index is -0.533. The number of aryl methyl sites for hydroxylation is 1. The van der Waals surface area contributed by atoms with Crippen LogP contribution in [0.3, 0.4) is 0 Å². The van der Waals surface area contributed by atoms with Crippen LogP contribution in [0.4, 0.5) is 11.6 Å². The fraction of sp³-hybridized carbons (Fsp3) is 0.0909. The topological polar surface area (TPSA) is 94.9 Å². The van der Waals surface area contributed by atoms with Crippen molar-refractivity contribution in [3.63, 3.8) is 0 Å². The Hall–Kier alpha value is -1.57. The van der Waals surface area contributed by atoms with Crippen LogP contribution < -0.4 is 5.73 Å². The van der Waals surface area contributed by atoms with Gasteiger partial charge in [-0.1, -0.05) is 35.0 Å². The maximum absolute atomic E-state index is 11.1. The normalized spacial score (nSPS) is 10.6. The molecule has 0 aliphatic rings. The van der Waals surface area contributed by atoms with E-state index in [0.717, 1.165) is 11.8 Å². The second-order valence-corrected chi connectivity index (χ2v) is 5.63. The Kier molecular flexibility index (Phi) is 4.32. The summed E-state index contributed by atoms with van der Waals surface area (Å²) in [4.78, 5) is 18.9. The predicted molar refractivity (Wildman–Crippen MR) is 78.4 cm³/mol. The molecule has 2 N–H and O–H groups in total. The van der Waals surface area contributed by atoms with Crippen molar-refractivity contribution in [2.45, 2.75) is 16.8 Å². The summed E-state index contributed by atoms with van der Waals surface area (Å²) in [5.41, 5.74) is 5.57. The van der Waals surface area contributed by atoms with Gasteiger partial charge in [0.1, 0.15) is 5.69 Å². The molecule has 1 heterocycles. The summed E-state index contributed by atoms with van der Waals surface area (Å²) in [6.07, 6.45) is 0. The highest BCUT2D eigenvalue weighted by Gasteiger charge is 2.22. The molecular formula is C11H8Cl2N4O2S. The van der Waals surface area contributed by atoms with Crippen molar-refractivity contribution in [2.24, 2.45) is 0 Å². The first-order valence-corrected chi connectivity index (χ1v) is 6.87. The van der Waals surface area contributed by atoms with Gasteiger partial charge < -0.3 is 5.73 Å². The molecule has 0 bridgehead atoms. The Morgan fingerprint density at radius 2 is 2.00 bits per heavy atom.